The highest BCUT2D eigenvalue weighted by molar-refractivity contribution is 7.18. The van der Waals surface area contributed by atoms with Crippen LogP contribution in [-0.4, -0.2) is 23.3 Å². The van der Waals surface area contributed by atoms with E-state index >= 15 is 0 Å². The number of likely N-dealkylation sites (tertiary alicyclic amines) is 1. The van der Waals surface area contributed by atoms with Gasteiger partial charge in [0.2, 0.25) is 5.91 Å². The van der Waals surface area contributed by atoms with Crippen molar-refractivity contribution in [1.29, 1.82) is 0 Å². The van der Waals surface area contributed by atoms with Crippen molar-refractivity contribution in [1.82, 2.24) is 4.90 Å². The minimum absolute atomic E-state index is 0.0624. The highest BCUT2D eigenvalue weighted by atomic mass is 32.1. The van der Waals surface area contributed by atoms with Gasteiger partial charge in [0, 0.05) is 12.5 Å². The first-order valence-corrected chi connectivity index (χ1v) is 10.7. The molecule has 0 spiro atoms. The monoisotopic (exact) mass is 390 g/mol. The second-order valence-corrected chi connectivity index (χ2v) is 8.74. The van der Waals surface area contributed by atoms with Crippen LogP contribution in [0.5, 0.6) is 0 Å². The number of nitrogens with one attached hydrogen (secondary N) is 1. The molecule has 2 fully saturated rings. The van der Waals surface area contributed by atoms with Crippen molar-refractivity contribution in [3.8, 4) is 0 Å². The van der Waals surface area contributed by atoms with Crippen LogP contribution in [0.1, 0.15) is 47.0 Å². The average molecular weight is 391 g/mol. The molecule has 5 heteroatoms. The lowest BCUT2D eigenvalue weighted by atomic mass is 9.97. The first-order valence-electron chi connectivity index (χ1n) is 9.90. The van der Waals surface area contributed by atoms with Crippen molar-refractivity contribution in [2.75, 3.05) is 11.9 Å². The van der Waals surface area contributed by atoms with Crippen LogP contribution in [0.25, 0.3) is 10.8 Å². The summed E-state index contributed by atoms with van der Waals surface area (Å²) in [7, 11) is 0. The van der Waals surface area contributed by atoms with Crippen molar-refractivity contribution in [2.24, 2.45) is 5.92 Å². The third-order valence-electron chi connectivity index (χ3n) is 5.71. The molecule has 0 bridgehead atoms. The van der Waals surface area contributed by atoms with Gasteiger partial charge in [0.15, 0.2) is 0 Å². The van der Waals surface area contributed by atoms with Gasteiger partial charge in [-0.15, -0.1) is 11.3 Å². The summed E-state index contributed by atoms with van der Waals surface area (Å²) in [6, 6.07) is 18.5. The lowest BCUT2D eigenvalue weighted by Gasteiger charge is -2.25. The van der Waals surface area contributed by atoms with E-state index in [4.69, 9.17) is 0 Å². The number of rotatable bonds is 4. The second-order valence-electron chi connectivity index (χ2n) is 7.65. The summed E-state index contributed by atoms with van der Waals surface area (Å²) >= 11 is 1.38. The minimum atomic E-state index is 0.0624. The van der Waals surface area contributed by atoms with E-state index in [1.54, 1.807) is 0 Å². The standard InChI is InChI=1S/C23H22N2O2S/c26-22(16-10-11-16)24-21-13-12-20(28-21)23(27)25-14-4-9-19(25)18-8-3-6-15-5-1-2-7-17(15)18/h1-3,5-8,12-13,16,19H,4,9-11,14H2,(H,24,26). The Morgan fingerprint density at radius 3 is 2.64 bits per heavy atom. The number of carbonyl (C=O) groups excluding carboxylic acids is 2. The van der Waals surface area contributed by atoms with Gasteiger partial charge in [-0.25, -0.2) is 0 Å². The van der Waals surface area contributed by atoms with Crippen molar-refractivity contribution in [2.45, 2.75) is 31.7 Å². The fourth-order valence-corrected chi connectivity index (χ4v) is 4.97. The Labute approximate surface area is 168 Å². The summed E-state index contributed by atoms with van der Waals surface area (Å²) in [5.41, 5.74) is 1.22. The molecule has 1 atom stereocenters. The van der Waals surface area contributed by atoms with Gasteiger partial charge in [-0.05, 0) is 54.2 Å². The van der Waals surface area contributed by atoms with E-state index in [-0.39, 0.29) is 23.8 Å². The van der Waals surface area contributed by atoms with E-state index < -0.39 is 0 Å². The first kappa shape index (κ1) is 17.4. The summed E-state index contributed by atoms with van der Waals surface area (Å²) in [6.07, 6.45) is 3.94. The molecule has 1 saturated heterocycles. The van der Waals surface area contributed by atoms with Gasteiger partial charge < -0.3 is 10.2 Å². The zero-order chi connectivity index (χ0) is 19.1. The molecule has 3 aromatic rings. The van der Waals surface area contributed by atoms with E-state index in [0.29, 0.717) is 4.88 Å². The lowest BCUT2D eigenvalue weighted by molar-refractivity contribution is -0.117. The number of carbonyl (C=O) groups is 2. The maximum Gasteiger partial charge on any atom is 0.264 e. The summed E-state index contributed by atoms with van der Waals surface area (Å²) in [6.45, 7) is 0.772. The van der Waals surface area contributed by atoms with Gasteiger partial charge >= 0.3 is 0 Å². The summed E-state index contributed by atoms with van der Waals surface area (Å²) in [4.78, 5) is 27.9. The van der Waals surface area contributed by atoms with Gasteiger partial charge in [-0.3, -0.25) is 9.59 Å². The quantitative estimate of drug-likeness (QED) is 0.663. The van der Waals surface area contributed by atoms with Crippen molar-refractivity contribution in [3.63, 3.8) is 0 Å². The van der Waals surface area contributed by atoms with Gasteiger partial charge in [-0.1, -0.05) is 42.5 Å². The molecule has 1 N–H and O–H groups in total. The Balaban J connectivity index is 1.40. The molecular formula is C23H22N2O2S. The SMILES string of the molecule is O=C(Nc1ccc(C(=O)N2CCCC2c2cccc3ccccc23)s1)C1CC1. The first-order chi connectivity index (χ1) is 13.7. The second kappa shape index (κ2) is 7.06. The smallest absolute Gasteiger partial charge is 0.264 e. The number of nitrogens with zero attached hydrogens (tertiary/aromatic N) is 1. The van der Waals surface area contributed by atoms with Gasteiger partial charge in [0.05, 0.1) is 15.9 Å². The zero-order valence-corrected chi connectivity index (χ0v) is 16.4. The van der Waals surface area contributed by atoms with Crippen molar-refractivity contribution >= 4 is 38.9 Å². The molecule has 1 aromatic heterocycles. The number of amides is 2. The van der Waals surface area contributed by atoms with E-state index in [2.05, 4.69) is 41.7 Å². The Bertz CT molecular complexity index is 1050. The van der Waals surface area contributed by atoms with Crippen LogP contribution in [0.4, 0.5) is 5.00 Å². The number of hydrogen-bond acceptors (Lipinski definition) is 3. The van der Waals surface area contributed by atoms with Gasteiger partial charge in [0.25, 0.3) is 5.91 Å². The Kier molecular flexibility index (Phi) is 4.40. The third kappa shape index (κ3) is 3.20. The van der Waals surface area contributed by atoms with Gasteiger partial charge in [0.1, 0.15) is 0 Å². The molecular weight excluding hydrogens is 368 g/mol. The molecule has 28 heavy (non-hydrogen) atoms. The van der Waals surface area contributed by atoms with Crippen LogP contribution in [0, 0.1) is 5.92 Å². The van der Waals surface area contributed by atoms with Crippen LogP contribution in [0.2, 0.25) is 0 Å². The maximum absolute atomic E-state index is 13.2. The molecule has 4 nitrogen and oxygen atoms in total. The van der Waals surface area contributed by atoms with E-state index in [1.807, 2.05) is 23.1 Å². The summed E-state index contributed by atoms with van der Waals surface area (Å²) in [5.74, 6) is 0.304. The molecule has 2 heterocycles. The predicted molar refractivity (Wildman–Crippen MR) is 113 cm³/mol. The van der Waals surface area contributed by atoms with Gasteiger partial charge in [-0.2, -0.15) is 0 Å². The van der Waals surface area contributed by atoms with Crippen molar-refractivity contribution < 1.29 is 9.59 Å². The average Bonchev–Trinajstić information content (AvgIpc) is 3.29. The topological polar surface area (TPSA) is 49.4 Å². The Hall–Kier alpha value is -2.66. The highest BCUT2D eigenvalue weighted by Gasteiger charge is 2.33. The molecule has 2 aromatic carbocycles. The Morgan fingerprint density at radius 1 is 0.964 bits per heavy atom. The van der Waals surface area contributed by atoms with Crippen LogP contribution < -0.4 is 5.32 Å². The molecule has 2 amide bonds. The molecule has 0 radical (unpaired) electrons. The number of anilines is 1. The fourth-order valence-electron chi connectivity index (χ4n) is 4.10. The van der Waals surface area contributed by atoms with Crippen LogP contribution in [-0.2, 0) is 4.79 Å². The van der Waals surface area contributed by atoms with Crippen LogP contribution >= 0.6 is 11.3 Å². The molecule has 2 aliphatic rings. The van der Waals surface area contributed by atoms with E-state index in [1.165, 1.54) is 27.7 Å². The normalized spacial score (nSPS) is 19.1. The highest BCUT2D eigenvalue weighted by Crippen LogP contribution is 2.38. The predicted octanol–water partition coefficient (Wildman–Crippen LogP) is 5.23. The zero-order valence-electron chi connectivity index (χ0n) is 15.6. The number of fused-ring (bicyclic) bond motifs is 1. The van der Waals surface area contributed by atoms with E-state index in [9.17, 15) is 9.59 Å². The molecule has 1 saturated carbocycles. The summed E-state index contributed by atoms with van der Waals surface area (Å²) < 4.78 is 0. The maximum atomic E-state index is 13.2. The summed E-state index contributed by atoms with van der Waals surface area (Å²) in [5, 5.41) is 6.14. The number of thiophene rings is 1. The largest absolute Gasteiger partial charge is 0.331 e. The van der Waals surface area contributed by atoms with Crippen molar-refractivity contribution in [3.05, 3.63) is 65.0 Å². The van der Waals surface area contributed by atoms with E-state index in [0.717, 1.165) is 37.2 Å². The molecule has 5 rings (SSSR count). The Morgan fingerprint density at radius 2 is 1.79 bits per heavy atom. The molecule has 1 unspecified atom stereocenters. The molecule has 1 aliphatic heterocycles. The number of hydrogen-bond donors (Lipinski definition) is 1. The molecule has 142 valence electrons. The third-order valence-corrected chi connectivity index (χ3v) is 6.70. The molecule has 1 aliphatic carbocycles. The number of benzene rings is 2. The van der Waals surface area contributed by atoms with Crippen LogP contribution in [0.15, 0.2) is 54.6 Å². The minimum Gasteiger partial charge on any atom is -0.331 e. The van der Waals surface area contributed by atoms with Crippen LogP contribution in [0.3, 0.4) is 0 Å². The fraction of sp³-hybridized carbons (Fsp3) is 0.304. The lowest BCUT2D eigenvalue weighted by Crippen LogP contribution is -2.30.